The predicted molar refractivity (Wildman–Crippen MR) is 91.2 cm³/mol. The van der Waals surface area contributed by atoms with E-state index in [0.717, 1.165) is 32.1 Å². The van der Waals surface area contributed by atoms with Crippen LogP contribution in [0.2, 0.25) is 0 Å². The smallest absolute Gasteiger partial charge is 0.320 e. The Morgan fingerprint density at radius 2 is 1.43 bits per heavy atom. The van der Waals surface area contributed by atoms with Gasteiger partial charge in [0.25, 0.3) is 0 Å². The number of carboxylic acid groups (broad SMARTS) is 1. The molecule has 0 heterocycles. The van der Waals surface area contributed by atoms with Gasteiger partial charge in [0.1, 0.15) is 0 Å². The van der Waals surface area contributed by atoms with E-state index < -0.39 is 17.9 Å². The lowest BCUT2D eigenvalue weighted by molar-refractivity contribution is -0.162. The Labute approximate surface area is 141 Å². The van der Waals surface area contributed by atoms with Crippen molar-refractivity contribution in [3.8, 4) is 0 Å². The van der Waals surface area contributed by atoms with E-state index in [9.17, 15) is 14.7 Å². The molecule has 134 valence electrons. The second-order valence-electron chi connectivity index (χ2n) is 6.81. The lowest BCUT2D eigenvalue weighted by Gasteiger charge is -2.30. The average Bonchev–Trinajstić information content (AvgIpc) is 2.57. The lowest BCUT2D eigenvalue weighted by atomic mass is 9.75. The summed E-state index contributed by atoms with van der Waals surface area (Å²) in [7, 11) is 0. The van der Waals surface area contributed by atoms with Crippen LogP contribution in [0.3, 0.4) is 0 Å². The van der Waals surface area contributed by atoms with Crippen molar-refractivity contribution in [2.45, 2.75) is 84.5 Å². The van der Waals surface area contributed by atoms with E-state index >= 15 is 0 Å². The first-order chi connectivity index (χ1) is 11.1. The van der Waals surface area contributed by atoms with Crippen molar-refractivity contribution in [1.29, 1.82) is 0 Å². The van der Waals surface area contributed by atoms with Crippen LogP contribution in [0.15, 0.2) is 0 Å². The van der Waals surface area contributed by atoms with Crippen molar-refractivity contribution >= 4 is 11.9 Å². The third-order valence-corrected chi connectivity index (χ3v) is 5.21. The highest BCUT2D eigenvalue weighted by atomic mass is 16.5. The third kappa shape index (κ3) is 6.92. The topological polar surface area (TPSA) is 63.6 Å². The molecule has 1 rings (SSSR count). The molecule has 4 nitrogen and oxygen atoms in total. The van der Waals surface area contributed by atoms with Gasteiger partial charge in [-0.2, -0.15) is 0 Å². The van der Waals surface area contributed by atoms with E-state index in [0.29, 0.717) is 5.92 Å². The first-order valence-corrected chi connectivity index (χ1v) is 9.51. The highest BCUT2D eigenvalue weighted by Crippen LogP contribution is 2.34. The SMILES string of the molecule is CCOC(=O)C(C(=O)O)C(CC)C1CCCCCCCCCC1. The molecular formula is C19H34O4. The molecule has 0 aromatic carbocycles. The minimum absolute atomic E-state index is 0.104. The molecule has 4 heteroatoms. The monoisotopic (exact) mass is 326 g/mol. The largest absolute Gasteiger partial charge is 0.481 e. The number of aliphatic carboxylic acids is 1. The third-order valence-electron chi connectivity index (χ3n) is 5.21. The average molecular weight is 326 g/mol. The van der Waals surface area contributed by atoms with Gasteiger partial charge in [-0.25, -0.2) is 0 Å². The zero-order valence-corrected chi connectivity index (χ0v) is 14.9. The van der Waals surface area contributed by atoms with Gasteiger partial charge >= 0.3 is 11.9 Å². The summed E-state index contributed by atoms with van der Waals surface area (Å²) in [6, 6.07) is 0. The Morgan fingerprint density at radius 1 is 0.957 bits per heavy atom. The molecular weight excluding hydrogens is 292 g/mol. The van der Waals surface area contributed by atoms with Gasteiger partial charge in [0.15, 0.2) is 5.92 Å². The fourth-order valence-electron chi connectivity index (χ4n) is 3.98. The maximum atomic E-state index is 12.2. The Hall–Kier alpha value is -1.06. The second kappa shape index (κ2) is 11.5. The summed E-state index contributed by atoms with van der Waals surface area (Å²) in [5.41, 5.74) is 0. The van der Waals surface area contributed by atoms with Crippen LogP contribution in [0.1, 0.15) is 84.5 Å². The van der Waals surface area contributed by atoms with Crippen molar-refractivity contribution in [2.24, 2.45) is 17.8 Å². The molecule has 0 spiro atoms. The second-order valence-corrected chi connectivity index (χ2v) is 6.81. The quantitative estimate of drug-likeness (QED) is 0.562. The fraction of sp³-hybridized carbons (Fsp3) is 0.895. The summed E-state index contributed by atoms with van der Waals surface area (Å²) in [4.78, 5) is 23.8. The number of carbonyl (C=O) groups is 2. The number of rotatable bonds is 6. The van der Waals surface area contributed by atoms with Gasteiger partial charge in [-0.05, 0) is 18.8 Å². The van der Waals surface area contributed by atoms with Crippen molar-refractivity contribution in [1.82, 2.24) is 0 Å². The van der Waals surface area contributed by atoms with Crippen LogP contribution in [-0.4, -0.2) is 23.7 Å². The number of carbonyl (C=O) groups excluding carboxylic acids is 1. The number of ether oxygens (including phenoxy) is 1. The molecule has 1 fully saturated rings. The molecule has 0 aliphatic heterocycles. The van der Waals surface area contributed by atoms with Crippen LogP contribution < -0.4 is 0 Å². The van der Waals surface area contributed by atoms with Crippen LogP contribution in [0.25, 0.3) is 0 Å². The number of esters is 1. The molecule has 0 bridgehead atoms. The van der Waals surface area contributed by atoms with E-state index in [2.05, 4.69) is 0 Å². The molecule has 1 saturated carbocycles. The first kappa shape index (κ1) is 20.0. The summed E-state index contributed by atoms with van der Waals surface area (Å²) in [6.07, 6.45) is 12.8. The van der Waals surface area contributed by atoms with E-state index in [1.54, 1.807) is 6.92 Å². The molecule has 1 aliphatic rings. The summed E-state index contributed by atoms with van der Waals surface area (Å²) < 4.78 is 5.04. The maximum Gasteiger partial charge on any atom is 0.320 e. The van der Waals surface area contributed by atoms with Crippen molar-refractivity contribution in [2.75, 3.05) is 6.61 Å². The molecule has 2 unspecified atom stereocenters. The zero-order valence-electron chi connectivity index (χ0n) is 14.9. The van der Waals surface area contributed by atoms with Gasteiger partial charge < -0.3 is 9.84 Å². The summed E-state index contributed by atoms with van der Waals surface area (Å²) in [5, 5.41) is 9.57. The minimum atomic E-state index is -1.02. The Morgan fingerprint density at radius 3 is 1.83 bits per heavy atom. The van der Waals surface area contributed by atoms with E-state index in [1.807, 2.05) is 6.92 Å². The van der Waals surface area contributed by atoms with Crippen molar-refractivity contribution in [3.05, 3.63) is 0 Å². The van der Waals surface area contributed by atoms with Crippen molar-refractivity contribution < 1.29 is 19.4 Å². The first-order valence-electron chi connectivity index (χ1n) is 9.51. The number of hydrogen-bond acceptors (Lipinski definition) is 3. The molecule has 23 heavy (non-hydrogen) atoms. The molecule has 1 N–H and O–H groups in total. The summed E-state index contributed by atoms with van der Waals surface area (Å²) in [6.45, 7) is 3.97. The van der Waals surface area contributed by atoms with Crippen LogP contribution in [0.4, 0.5) is 0 Å². The van der Waals surface area contributed by atoms with Crippen LogP contribution in [0, 0.1) is 17.8 Å². The van der Waals surface area contributed by atoms with E-state index in [1.165, 1.54) is 38.5 Å². The van der Waals surface area contributed by atoms with Crippen LogP contribution >= 0.6 is 0 Å². The predicted octanol–water partition coefficient (Wildman–Crippen LogP) is 4.81. The molecule has 1 aliphatic carbocycles. The van der Waals surface area contributed by atoms with Crippen LogP contribution in [-0.2, 0) is 14.3 Å². The van der Waals surface area contributed by atoms with E-state index in [4.69, 9.17) is 4.74 Å². The Kier molecular flexibility index (Phi) is 9.97. The Bertz CT molecular complexity index is 341. The fourth-order valence-corrected chi connectivity index (χ4v) is 3.98. The molecule has 2 atom stereocenters. The highest BCUT2D eigenvalue weighted by molar-refractivity contribution is 5.94. The highest BCUT2D eigenvalue weighted by Gasteiger charge is 2.39. The van der Waals surface area contributed by atoms with Gasteiger partial charge in [0.05, 0.1) is 6.61 Å². The molecule has 0 radical (unpaired) electrons. The number of carboxylic acids is 1. The Balaban J connectivity index is 2.82. The number of hydrogen-bond donors (Lipinski definition) is 1. The van der Waals surface area contributed by atoms with Gasteiger partial charge in [0, 0.05) is 0 Å². The van der Waals surface area contributed by atoms with Crippen molar-refractivity contribution in [3.63, 3.8) is 0 Å². The minimum Gasteiger partial charge on any atom is -0.481 e. The normalized spacial score (nSPS) is 21.0. The molecule has 0 amide bonds. The van der Waals surface area contributed by atoms with Gasteiger partial charge in [0.2, 0.25) is 0 Å². The molecule has 0 aromatic heterocycles. The lowest BCUT2D eigenvalue weighted by Crippen LogP contribution is -2.36. The summed E-state index contributed by atoms with van der Waals surface area (Å²) in [5.74, 6) is -2.36. The summed E-state index contributed by atoms with van der Waals surface area (Å²) >= 11 is 0. The van der Waals surface area contributed by atoms with E-state index in [-0.39, 0.29) is 12.5 Å². The van der Waals surface area contributed by atoms with Gasteiger partial charge in [-0.3, -0.25) is 9.59 Å². The standard InChI is InChI=1S/C19H34O4/c1-3-16(17(18(20)21)19(22)23-4-2)15-13-11-9-7-5-6-8-10-12-14-15/h15-17H,3-14H2,1-2H3,(H,20,21). The molecule has 0 aromatic rings. The maximum absolute atomic E-state index is 12.2. The zero-order chi connectivity index (χ0) is 17.1. The molecule has 0 saturated heterocycles. The van der Waals surface area contributed by atoms with Gasteiger partial charge in [-0.1, -0.05) is 77.6 Å². The van der Waals surface area contributed by atoms with Gasteiger partial charge in [-0.15, -0.1) is 0 Å². The van der Waals surface area contributed by atoms with Crippen LogP contribution in [0.5, 0.6) is 0 Å².